The Kier molecular flexibility index (Phi) is 5.12. The van der Waals surface area contributed by atoms with Gasteiger partial charge in [-0.1, -0.05) is 43.6 Å². The van der Waals surface area contributed by atoms with Crippen LogP contribution >= 0.6 is 12.2 Å². The van der Waals surface area contributed by atoms with Crippen molar-refractivity contribution >= 4 is 27.2 Å². The summed E-state index contributed by atoms with van der Waals surface area (Å²) in [5, 5.41) is 0. The highest BCUT2D eigenvalue weighted by atomic mass is 32.2. The normalized spacial score (nSPS) is 17.0. The molecule has 0 bridgehead atoms. The predicted molar refractivity (Wildman–Crippen MR) is 84.1 cm³/mol. The molecule has 1 saturated carbocycles. The zero-order chi connectivity index (χ0) is 14.6. The van der Waals surface area contributed by atoms with Gasteiger partial charge in [0, 0.05) is 12.1 Å². The quantitative estimate of drug-likeness (QED) is 0.818. The van der Waals surface area contributed by atoms with Gasteiger partial charge in [-0.15, -0.1) is 0 Å². The fourth-order valence-electron chi connectivity index (χ4n) is 2.50. The summed E-state index contributed by atoms with van der Waals surface area (Å²) in [6.45, 7) is 0.527. The van der Waals surface area contributed by atoms with Crippen LogP contribution in [0.5, 0.6) is 0 Å². The lowest BCUT2D eigenvalue weighted by molar-refractivity contribution is 0.357. The van der Waals surface area contributed by atoms with E-state index in [1.165, 1.54) is 31.4 Å². The summed E-state index contributed by atoms with van der Waals surface area (Å²) in [5.74, 6) is 0.467. The average molecular weight is 312 g/mol. The third-order valence-electron chi connectivity index (χ3n) is 3.74. The van der Waals surface area contributed by atoms with Gasteiger partial charge in [0.05, 0.1) is 4.90 Å². The predicted octanol–water partition coefficient (Wildman–Crippen LogP) is 2.18. The van der Waals surface area contributed by atoms with Crippen LogP contribution in [0.4, 0.5) is 0 Å². The van der Waals surface area contributed by atoms with E-state index in [2.05, 4.69) is 4.72 Å². The lowest BCUT2D eigenvalue weighted by Crippen LogP contribution is -2.30. The van der Waals surface area contributed by atoms with Crippen LogP contribution < -0.4 is 10.5 Å². The lowest BCUT2D eigenvalue weighted by Gasteiger charge is -2.21. The van der Waals surface area contributed by atoms with Gasteiger partial charge >= 0.3 is 0 Å². The van der Waals surface area contributed by atoms with Crippen LogP contribution in [-0.2, 0) is 10.0 Å². The van der Waals surface area contributed by atoms with Crippen molar-refractivity contribution in [3.05, 3.63) is 29.8 Å². The Morgan fingerprint density at radius 3 is 2.35 bits per heavy atom. The molecule has 20 heavy (non-hydrogen) atoms. The molecule has 2 rings (SSSR count). The van der Waals surface area contributed by atoms with Crippen molar-refractivity contribution in [1.82, 2.24) is 4.72 Å². The first-order valence-electron chi connectivity index (χ1n) is 6.88. The second kappa shape index (κ2) is 6.65. The Morgan fingerprint density at radius 2 is 1.80 bits per heavy atom. The molecule has 1 fully saturated rings. The van der Waals surface area contributed by atoms with Crippen molar-refractivity contribution in [1.29, 1.82) is 0 Å². The van der Waals surface area contributed by atoms with Crippen LogP contribution in [0.25, 0.3) is 0 Å². The van der Waals surface area contributed by atoms with Crippen molar-refractivity contribution in [2.75, 3.05) is 6.54 Å². The van der Waals surface area contributed by atoms with Crippen LogP contribution in [0.1, 0.15) is 37.7 Å². The van der Waals surface area contributed by atoms with E-state index in [-0.39, 0.29) is 9.88 Å². The summed E-state index contributed by atoms with van der Waals surface area (Å²) in [5.41, 5.74) is 6.17. The number of thiocarbonyl (C=S) groups is 1. The van der Waals surface area contributed by atoms with Crippen molar-refractivity contribution < 1.29 is 8.42 Å². The van der Waals surface area contributed by atoms with E-state index in [9.17, 15) is 8.42 Å². The third-order valence-corrected chi connectivity index (χ3v) is 5.41. The van der Waals surface area contributed by atoms with Crippen LogP contribution in [0.2, 0.25) is 0 Å². The summed E-state index contributed by atoms with van der Waals surface area (Å²) < 4.78 is 27.1. The molecule has 0 aromatic heterocycles. The molecule has 0 radical (unpaired) electrons. The standard InChI is InChI=1S/C14H20N2O2S2/c15-14(19)12-6-8-13(9-7-12)20(17,18)16-10-11-4-2-1-3-5-11/h6-9,11,16H,1-5,10H2,(H2,15,19). The van der Waals surface area contributed by atoms with E-state index in [0.717, 1.165) is 12.8 Å². The minimum atomic E-state index is -3.44. The van der Waals surface area contributed by atoms with Crippen molar-refractivity contribution in [3.63, 3.8) is 0 Å². The van der Waals surface area contributed by atoms with Crippen molar-refractivity contribution in [2.45, 2.75) is 37.0 Å². The maximum atomic E-state index is 12.2. The average Bonchev–Trinajstić information content (AvgIpc) is 2.46. The molecule has 110 valence electrons. The van der Waals surface area contributed by atoms with E-state index in [4.69, 9.17) is 18.0 Å². The van der Waals surface area contributed by atoms with E-state index in [0.29, 0.717) is 18.0 Å². The minimum absolute atomic E-state index is 0.258. The first-order valence-corrected chi connectivity index (χ1v) is 8.78. The summed E-state index contributed by atoms with van der Waals surface area (Å²) in [6.07, 6.45) is 5.90. The van der Waals surface area contributed by atoms with Crippen molar-refractivity contribution in [2.24, 2.45) is 11.7 Å². The zero-order valence-electron chi connectivity index (χ0n) is 11.3. The van der Waals surface area contributed by atoms with E-state index >= 15 is 0 Å². The molecule has 0 saturated heterocycles. The molecule has 1 aromatic rings. The molecule has 6 heteroatoms. The molecule has 0 unspecified atom stereocenters. The van der Waals surface area contributed by atoms with Gasteiger partial charge in [-0.25, -0.2) is 13.1 Å². The highest BCUT2D eigenvalue weighted by Crippen LogP contribution is 2.23. The van der Waals surface area contributed by atoms with Gasteiger partial charge in [0.2, 0.25) is 10.0 Å². The Balaban J connectivity index is 2.00. The molecule has 0 heterocycles. The fourth-order valence-corrected chi connectivity index (χ4v) is 3.75. The van der Waals surface area contributed by atoms with Gasteiger partial charge in [-0.3, -0.25) is 0 Å². The summed E-state index contributed by atoms with van der Waals surface area (Å²) >= 11 is 4.85. The molecule has 0 amide bonds. The van der Waals surface area contributed by atoms with Gasteiger partial charge in [0.25, 0.3) is 0 Å². The van der Waals surface area contributed by atoms with E-state index in [1.807, 2.05) is 0 Å². The highest BCUT2D eigenvalue weighted by molar-refractivity contribution is 7.89. The molecule has 0 aliphatic heterocycles. The maximum Gasteiger partial charge on any atom is 0.240 e. The Labute approximate surface area is 125 Å². The largest absolute Gasteiger partial charge is 0.389 e. The van der Waals surface area contributed by atoms with Gasteiger partial charge < -0.3 is 5.73 Å². The van der Waals surface area contributed by atoms with Gasteiger partial charge in [-0.2, -0.15) is 0 Å². The number of hydrogen-bond donors (Lipinski definition) is 2. The van der Waals surface area contributed by atoms with Crippen LogP contribution in [0.3, 0.4) is 0 Å². The molecule has 4 nitrogen and oxygen atoms in total. The molecule has 1 aliphatic rings. The second-order valence-electron chi connectivity index (χ2n) is 5.24. The van der Waals surface area contributed by atoms with E-state index < -0.39 is 10.0 Å². The number of sulfonamides is 1. The monoisotopic (exact) mass is 312 g/mol. The third kappa shape index (κ3) is 4.01. The van der Waals surface area contributed by atoms with Crippen molar-refractivity contribution in [3.8, 4) is 0 Å². The molecule has 1 aromatic carbocycles. The topological polar surface area (TPSA) is 72.2 Å². The van der Waals surface area contributed by atoms with Crippen LogP contribution in [0.15, 0.2) is 29.2 Å². The number of nitrogens with one attached hydrogen (secondary N) is 1. The number of benzene rings is 1. The number of hydrogen-bond acceptors (Lipinski definition) is 3. The van der Waals surface area contributed by atoms with Crippen LogP contribution in [-0.4, -0.2) is 20.0 Å². The maximum absolute atomic E-state index is 12.2. The fraction of sp³-hybridized carbons (Fsp3) is 0.500. The molecule has 0 spiro atoms. The van der Waals surface area contributed by atoms with Gasteiger partial charge in [-0.05, 0) is 30.9 Å². The summed E-state index contributed by atoms with van der Waals surface area (Å²) in [6, 6.07) is 6.35. The molecule has 1 aliphatic carbocycles. The SMILES string of the molecule is NC(=S)c1ccc(S(=O)(=O)NCC2CCCCC2)cc1. The number of rotatable bonds is 5. The highest BCUT2D eigenvalue weighted by Gasteiger charge is 2.18. The lowest BCUT2D eigenvalue weighted by atomic mass is 9.90. The molecule has 0 atom stereocenters. The number of nitrogens with two attached hydrogens (primary N) is 1. The van der Waals surface area contributed by atoms with Crippen LogP contribution in [0, 0.1) is 5.92 Å². The van der Waals surface area contributed by atoms with Gasteiger partial charge in [0.15, 0.2) is 0 Å². The summed E-state index contributed by atoms with van der Waals surface area (Å²) in [4.78, 5) is 0.525. The Morgan fingerprint density at radius 1 is 1.20 bits per heavy atom. The smallest absolute Gasteiger partial charge is 0.240 e. The second-order valence-corrected chi connectivity index (χ2v) is 7.45. The first kappa shape index (κ1) is 15.4. The molecular formula is C14H20N2O2S2. The zero-order valence-corrected chi connectivity index (χ0v) is 13.0. The van der Waals surface area contributed by atoms with Gasteiger partial charge in [0.1, 0.15) is 4.99 Å². The summed E-state index contributed by atoms with van der Waals surface area (Å²) in [7, 11) is -3.44. The Hall–Kier alpha value is -0.980. The molecule has 3 N–H and O–H groups in total. The Bertz CT molecular complexity index is 561. The molecular weight excluding hydrogens is 292 g/mol. The minimum Gasteiger partial charge on any atom is -0.389 e. The van der Waals surface area contributed by atoms with E-state index in [1.54, 1.807) is 12.1 Å². The first-order chi connectivity index (χ1) is 9.49.